The lowest BCUT2D eigenvalue weighted by molar-refractivity contribution is -0.146. The summed E-state index contributed by atoms with van der Waals surface area (Å²) in [7, 11) is -1.37. The molecule has 0 bridgehead atoms. The Labute approximate surface area is 183 Å². The van der Waals surface area contributed by atoms with Crippen LogP contribution in [0.1, 0.15) is 13.3 Å². The van der Waals surface area contributed by atoms with Crippen LogP contribution in [0.25, 0.3) is 0 Å². The van der Waals surface area contributed by atoms with Gasteiger partial charge >= 0.3 is 6.18 Å². The molecule has 1 rings (SSSR count). The van der Waals surface area contributed by atoms with E-state index >= 15 is 0 Å². The Morgan fingerprint density at radius 1 is 1.36 bits per heavy atom. The maximum atomic E-state index is 12.6. The number of nitrogens with zero attached hydrogens (tertiary/aromatic N) is 3. The summed E-state index contributed by atoms with van der Waals surface area (Å²) in [6, 6.07) is 0. The third kappa shape index (κ3) is 12.3. The van der Waals surface area contributed by atoms with E-state index in [1.165, 1.54) is 4.90 Å². The second kappa shape index (κ2) is 13.1. The summed E-state index contributed by atoms with van der Waals surface area (Å²) in [6.07, 6.45) is -2.20. The number of sulfone groups is 1. The molecule has 12 heteroatoms. The van der Waals surface area contributed by atoms with Crippen molar-refractivity contribution in [1.29, 1.82) is 0 Å². The monoisotopic (exact) mass is 544 g/mol. The van der Waals surface area contributed by atoms with E-state index in [4.69, 9.17) is 4.74 Å². The van der Waals surface area contributed by atoms with Crippen LogP contribution in [0.4, 0.5) is 13.2 Å². The summed E-state index contributed by atoms with van der Waals surface area (Å²) in [5.74, 6) is 0.835. The van der Waals surface area contributed by atoms with Gasteiger partial charge in [0.05, 0.1) is 25.5 Å². The molecule has 1 aliphatic heterocycles. The molecule has 0 aromatic heterocycles. The Bertz CT molecular complexity index is 576. The molecule has 168 valence electrons. The average molecular weight is 544 g/mol. The largest absolute Gasteiger partial charge is 0.401 e. The normalized spacial score (nSPS) is 18.5. The molecule has 0 amide bonds. The molecule has 0 aliphatic carbocycles. The number of hydrogen-bond acceptors (Lipinski definition) is 5. The predicted molar refractivity (Wildman–Crippen MR) is 115 cm³/mol. The molecule has 1 atom stereocenters. The van der Waals surface area contributed by atoms with Crippen molar-refractivity contribution >= 4 is 39.8 Å². The lowest BCUT2D eigenvalue weighted by atomic mass is 10.1. The highest BCUT2D eigenvalue weighted by Crippen LogP contribution is 2.21. The molecule has 0 spiro atoms. The van der Waals surface area contributed by atoms with Crippen molar-refractivity contribution in [3.8, 4) is 0 Å². The first-order chi connectivity index (χ1) is 12.5. The number of hydrogen-bond donors (Lipinski definition) is 1. The van der Waals surface area contributed by atoms with Crippen LogP contribution >= 0.6 is 24.0 Å². The minimum Gasteiger partial charge on any atom is -0.379 e. The lowest BCUT2D eigenvalue weighted by Gasteiger charge is -2.26. The number of nitrogens with one attached hydrogen (secondary N) is 1. The zero-order valence-corrected chi connectivity index (χ0v) is 19.8. The van der Waals surface area contributed by atoms with Crippen molar-refractivity contribution in [1.82, 2.24) is 15.1 Å². The first-order valence-electron chi connectivity index (χ1n) is 9.04. The van der Waals surface area contributed by atoms with Gasteiger partial charge in [-0.05, 0) is 18.9 Å². The number of ether oxygens (including phenoxy) is 1. The van der Waals surface area contributed by atoms with E-state index in [2.05, 4.69) is 10.3 Å². The molecule has 1 heterocycles. The van der Waals surface area contributed by atoms with Crippen molar-refractivity contribution in [3.05, 3.63) is 0 Å². The van der Waals surface area contributed by atoms with Gasteiger partial charge in [-0.1, -0.05) is 6.92 Å². The van der Waals surface area contributed by atoms with E-state index in [0.29, 0.717) is 38.7 Å². The molecule has 7 nitrogen and oxygen atoms in total. The van der Waals surface area contributed by atoms with Crippen molar-refractivity contribution in [2.45, 2.75) is 19.5 Å². The summed E-state index contributed by atoms with van der Waals surface area (Å²) in [6.45, 7) is 4.02. The van der Waals surface area contributed by atoms with Gasteiger partial charge in [-0.3, -0.25) is 9.89 Å². The highest BCUT2D eigenvalue weighted by Gasteiger charge is 2.32. The van der Waals surface area contributed by atoms with E-state index in [1.54, 1.807) is 14.0 Å². The molecule has 1 saturated heterocycles. The minimum absolute atomic E-state index is 0. The van der Waals surface area contributed by atoms with Crippen LogP contribution in [0, 0.1) is 5.92 Å². The van der Waals surface area contributed by atoms with Gasteiger partial charge in [0.25, 0.3) is 0 Å². The molecule has 1 N–H and O–H groups in total. The quantitative estimate of drug-likeness (QED) is 0.194. The zero-order chi connectivity index (χ0) is 20.5. The Morgan fingerprint density at radius 3 is 2.57 bits per heavy atom. The smallest absolute Gasteiger partial charge is 0.379 e. The standard InChI is InChI=1S/C16H31F3N4O3S.HI/c1-4-22(13-16(17,18)19)11-14-5-7-23(12-14)15(20-2)21-6-8-26-9-10-27(3,24)25;/h14H,4-13H2,1-3H3,(H,20,21);1H. The summed E-state index contributed by atoms with van der Waals surface area (Å²) >= 11 is 0. The van der Waals surface area contributed by atoms with Gasteiger partial charge in [0.1, 0.15) is 9.84 Å². The second-order valence-electron chi connectivity index (χ2n) is 6.76. The number of rotatable bonds is 10. The van der Waals surface area contributed by atoms with Crippen LogP contribution in [-0.2, 0) is 14.6 Å². The van der Waals surface area contributed by atoms with Crippen molar-refractivity contribution < 1.29 is 26.3 Å². The minimum atomic E-state index is -4.18. The van der Waals surface area contributed by atoms with Gasteiger partial charge in [-0.2, -0.15) is 13.2 Å². The number of aliphatic imine (C=N–C) groups is 1. The fraction of sp³-hybridized carbons (Fsp3) is 0.938. The molecule has 0 aromatic carbocycles. The third-order valence-electron chi connectivity index (χ3n) is 4.29. The van der Waals surface area contributed by atoms with E-state index in [1.807, 2.05) is 4.90 Å². The molecule has 1 fully saturated rings. The molecular weight excluding hydrogens is 512 g/mol. The highest BCUT2D eigenvalue weighted by molar-refractivity contribution is 14.0. The van der Waals surface area contributed by atoms with Crippen molar-refractivity contribution in [2.24, 2.45) is 10.9 Å². The SMILES string of the molecule is CCN(CC1CCN(C(=NC)NCCOCCS(C)(=O)=O)C1)CC(F)(F)F.I. The van der Waals surface area contributed by atoms with Gasteiger partial charge in [-0.25, -0.2) is 8.42 Å². The maximum Gasteiger partial charge on any atom is 0.401 e. The van der Waals surface area contributed by atoms with Gasteiger partial charge in [0.15, 0.2) is 5.96 Å². The molecule has 28 heavy (non-hydrogen) atoms. The Balaban J connectivity index is 0.00000729. The first-order valence-corrected chi connectivity index (χ1v) is 11.1. The lowest BCUT2D eigenvalue weighted by Crippen LogP contribution is -2.42. The number of alkyl halides is 3. The van der Waals surface area contributed by atoms with Crippen molar-refractivity contribution in [3.63, 3.8) is 0 Å². The third-order valence-corrected chi connectivity index (χ3v) is 5.20. The Kier molecular flexibility index (Phi) is 12.9. The highest BCUT2D eigenvalue weighted by atomic mass is 127. The number of likely N-dealkylation sites (tertiary alicyclic amines) is 1. The van der Waals surface area contributed by atoms with E-state index in [0.717, 1.165) is 19.2 Å². The van der Waals surface area contributed by atoms with Crippen LogP contribution in [-0.4, -0.2) is 102 Å². The van der Waals surface area contributed by atoms with Crippen LogP contribution in [0.3, 0.4) is 0 Å². The topological polar surface area (TPSA) is 74.2 Å². The van der Waals surface area contributed by atoms with E-state index < -0.39 is 22.6 Å². The predicted octanol–water partition coefficient (Wildman–Crippen LogP) is 1.45. The number of halogens is 4. The Morgan fingerprint density at radius 2 is 2.04 bits per heavy atom. The van der Waals surface area contributed by atoms with Crippen LogP contribution in [0.5, 0.6) is 0 Å². The van der Waals surface area contributed by atoms with Gasteiger partial charge in [0.2, 0.25) is 0 Å². The number of guanidine groups is 1. The van der Waals surface area contributed by atoms with Crippen LogP contribution in [0.2, 0.25) is 0 Å². The molecule has 0 radical (unpaired) electrons. The van der Waals surface area contributed by atoms with Gasteiger partial charge < -0.3 is 15.0 Å². The van der Waals surface area contributed by atoms with Crippen molar-refractivity contribution in [2.75, 3.05) is 71.5 Å². The zero-order valence-electron chi connectivity index (χ0n) is 16.7. The van der Waals surface area contributed by atoms with Gasteiger partial charge in [0, 0.05) is 39.5 Å². The van der Waals surface area contributed by atoms with E-state index in [9.17, 15) is 21.6 Å². The average Bonchev–Trinajstić information content (AvgIpc) is 2.99. The summed E-state index contributed by atoms with van der Waals surface area (Å²) < 4.78 is 65.1. The van der Waals surface area contributed by atoms with Crippen LogP contribution < -0.4 is 5.32 Å². The van der Waals surface area contributed by atoms with E-state index in [-0.39, 0.29) is 42.3 Å². The summed E-state index contributed by atoms with van der Waals surface area (Å²) in [5, 5.41) is 3.14. The molecule has 1 aliphatic rings. The fourth-order valence-corrected chi connectivity index (χ4v) is 3.40. The first kappa shape index (κ1) is 27.7. The molecule has 0 aromatic rings. The molecule has 0 saturated carbocycles. The van der Waals surface area contributed by atoms with Gasteiger partial charge in [-0.15, -0.1) is 24.0 Å². The summed E-state index contributed by atoms with van der Waals surface area (Å²) in [4.78, 5) is 7.67. The molecule has 1 unspecified atom stereocenters. The second-order valence-corrected chi connectivity index (χ2v) is 9.02. The molecular formula is C16H32F3IN4O3S. The maximum absolute atomic E-state index is 12.6. The Hall–Kier alpha value is -0.340. The fourth-order valence-electron chi connectivity index (χ4n) is 2.98. The van der Waals surface area contributed by atoms with Crippen LogP contribution in [0.15, 0.2) is 4.99 Å². The summed E-state index contributed by atoms with van der Waals surface area (Å²) in [5.41, 5.74) is 0.